The zero-order chi connectivity index (χ0) is 20.8. The van der Waals surface area contributed by atoms with Gasteiger partial charge in [-0.15, -0.1) is 11.8 Å². The van der Waals surface area contributed by atoms with Gasteiger partial charge in [0.2, 0.25) is 5.91 Å². The molecule has 1 heterocycles. The molecule has 0 fully saturated rings. The normalized spacial score (nSPS) is 11.0. The van der Waals surface area contributed by atoms with E-state index in [-0.39, 0.29) is 5.91 Å². The van der Waals surface area contributed by atoms with Crippen molar-refractivity contribution in [1.29, 1.82) is 0 Å². The van der Waals surface area contributed by atoms with Gasteiger partial charge in [0.1, 0.15) is 5.75 Å². The van der Waals surface area contributed by atoms with Crippen LogP contribution in [0, 0.1) is 20.8 Å². The number of hydrazone groups is 1. The highest BCUT2D eigenvalue weighted by Gasteiger charge is 2.09. The van der Waals surface area contributed by atoms with E-state index in [2.05, 4.69) is 66.2 Å². The minimum Gasteiger partial charge on any atom is -0.497 e. The van der Waals surface area contributed by atoms with Crippen LogP contribution in [-0.4, -0.2) is 29.6 Å². The van der Waals surface area contributed by atoms with Gasteiger partial charge in [0.15, 0.2) is 0 Å². The van der Waals surface area contributed by atoms with Crippen LogP contribution >= 0.6 is 11.8 Å². The molecule has 0 spiro atoms. The molecule has 0 aliphatic heterocycles. The molecule has 1 aromatic heterocycles. The maximum Gasteiger partial charge on any atom is 0.250 e. The van der Waals surface area contributed by atoms with Gasteiger partial charge in [-0.3, -0.25) is 4.79 Å². The minimum absolute atomic E-state index is 0.144. The summed E-state index contributed by atoms with van der Waals surface area (Å²) in [5.41, 5.74) is 8.13. The molecule has 0 aliphatic carbocycles. The fraction of sp³-hybridized carbons (Fsp3) is 0.217. The number of benzene rings is 2. The number of nitrogens with zero attached hydrogens (tertiary/aromatic N) is 2. The first kappa shape index (κ1) is 20.7. The molecule has 0 atom stereocenters. The van der Waals surface area contributed by atoms with Crippen molar-refractivity contribution < 1.29 is 9.53 Å². The highest BCUT2D eigenvalue weighted by atomic mass is 32.2. The number of methoxy groups -OCH3 is 1. The fourth-order valence-corrected chi connectivity index (χ4v) is 3.80. The lowest BCUT2D eigenvalue weighted by molar-refractivity contribution is -0.118. The second-order valence-electron chi connectivity index (χ2n) is 6.76. The molecule has 3 aromatic rings. The molecule has 0 saturated heterocycles. The first-order valence-electron chi connectivity index (χ1n) is 9.32. The Balaban J connectivity index is 1.60. The van der Waals surface area contributed by atoms with Crippen molar-refractivity contribution >= 4 is 23.9 Å². The van der Waals surface area contributed by atoms with E-state index in [0.29, 0.717) is 5.75 Å². The van der Waals surface area contributed by atoms with Crippen LogP contribution in [0.5, 0.6) is 5.75 Å². The molecule has 0 radical (unpaired) electrons. The number of rotatable bonds is 7. The van der Waals surface area contributed by atoms with E-state index in [1.54, 1.807) is 13.3 Å². The van der Waals surface area contributed by atoms with Crippen LogP contribution in [-0.2, 0) is 4.79 Å². The first-order valence-corrected chi connectivity index (χ1v) is 10.3. The average molecular weight is 408 g/mol. The van der Waals surface area contributed by atoms with Crippen molar-refractivity contribution in [3.63, 3.8) is 0 Å². The van der Waals surface area contributed by atoms with E-state index < -0.39 is 0 Å². The van der Waals surface area contributed by atoms with Gasteiger partial charge in [0, 0.05) is 27.5 Å². The molecule has 0 unspecified atom stereocenters. The third-order valence-corrected chi connectivity index (χ3v) is 5.56. The molecule has 5 nitrogen and oxygen atoms in total. The highest BCUT2D eigenvalue weighted by Crippen LogP contribution is 2.22. The van der Waals surface area contributed by atoms with Gasteiger partial charge >= 0.3 is 0 Å². The van der Waals surface area contributed by atoms with Crippen LogP contribution in [0.15, 0.2) is 64.6 Å². The molecule has 150 valence electrons. The molecule has 6 heteroatoms. The molecule has 29 heavy (non-hydrogen) atoms. The number of aryl methyl sites for hydroxylation is 2. The van der Waals surface area contributed by atoms with Crippen LogP contribution in [0.1, 0.15) is 22.5 Å². The second-order valence-corrected chi connectivity index (χ2v) is 7.81. The Morgan fingerprint density at radius 3 is 2.59 bits per heavy atom. The maximum atomic E-state index is 12.1. The first-order chi connectivity index (χ1) is 14.0. The quantitative estimate of drug-likeness (QED) is 0.352. The summed E-state index contributed by atoms with van der Waals surface area (Å²) in [4.78, 5) is 13.1. The number of carbonyl (C=O) groups is 1. The van der Waals surface area contributed by atoms with Crippen LogP contribution in [0.3, 0.4) is 0 Å². The summed E-state index contributed by atoms with van der Waals surface area (Å²) in [5, 5.41) is 4.14. The molecule has 1 amide bonds. The molecular weight excluding hydrogens is 382 g/mol. The van der Waals surface area contributed by atoms with E-state index in [1.807, 2.05) is 24.3 Å². The Morgan fingerprint density at radius 2 is 1.90 bits per heavy atom. The standard InChI is InChI=1S/C23H25N3O2S/c1-16-6-5-7-20(12-16)26-17(2)13-19(18(26)3)14-24-25-23(27)15-29-22-10-8-21(28-4)9-11-22/h5-14H,15H2,1-4H3,(H,25,27)/b24-14+. The Hall–Kier alpha value is -2.99. The third kappa shape index (κ3) is 5.29. The van der Waals surface area contributed by atoms with Gasteiger partial charge in [-0.05, 0) is 68.8 Å². The van der Waals surface area contributed by atoms with E-state index >= 15 is 0 Å². The topological polar surface area (TPSA) is 55.6 Å². The predicted molar refractivity (Wildman–Crippen MR) is 119 cm³/mol. The van der Waals surface area contributed by atoms with Crippen molar-refractivity contribution in [3.05, 3.63) is 77.1 Å². The second kappa shape index (κ2) is 9.47. The van der Waals surface area contributed by atoms with Crippen LogP contribution in [0.2, 0.25) is 0 Å². The lowest BCUT2D eigenvalue weighted by Gasteiger charge is -2.10. The highest BCUT2D eigenvalue weighted by molar-refractivity contribution is 8.00. The molecule has 1 N–H and O–H groups in total. The number of amides is 1. The number of aromatic nitrogens is 1. The number of ether oxygens (including phenoxy) is 1. The zero-order valence-corrected chi connectivity index (χ0v) is 17.9. The van der Waals surface area contributed by atoms with E-state index in [4.69, 9.17) is 4.74 Å². The molecule has 0 aliphatic rings. The monoisotopic (exact) mass is 407 g/mol. The van der Waals surface area contributed by atoms with Crippen molar-refractivity contribution in [2.75, 3.05) is 12.9 Å². The predicted octanol–water partition coefficient (Wildman–Crippen LogP) is 4.65. The van der Waals surface area contributed by atoms with Gasteiger partial charge in [-0.25, -0.2) is 5.43 Å². The number of hydrogen-bond donors (Lipinski definition) is 1. The molecular formula is C23H25N3O2S. The van der Waals surface area contributed by atoms with Gasteiger partial charge in [-0.1, -0.05) is 12.1 Å². The molecule has 2 aromatic carbocycles. The van der Waals surface area contributed by atoms with E-state index in [9.17, 15) is 4.79 Å². The summed E-state index contributed by atoms with van der Waals surface area (Å²) in [6, 6.07) is 18.1. The van der Waals surface area contributed by atoms with Crippen molar-refractivity contribution in [1.82, 2.24) is 9.99 Å². The smallest absolute Gasteiger partial charge is 0.250 e. The molecule has 0 bridgehead atoms. The fourth-order valence-electron chi connectivity index (χ4n) is 3.11. The van der Waals surface area contributed by atoms with E-state index in [0.717, 1.165) is 33.3 Å². The minimum atomic E-state index is -0.144. The summed E-state index contributed by atoms with van der Waals surface area (Å²) in [7, 11) is 1.63. The van der Waals surface area contributed by atoms with Gasteiger partial charge < -0.3 is 9.30 Å². The average Bonchev–Trinajstić information content (AvgIpc) is 3.00. The Labute approximate surface area is 175 Å². The Kier molecular flexibility index (Phi) is 6.77. The summed E-state index contributed by atoms with van der Waals surface area (Å²) in [5.74, 6) is 0.952. The number of thioether (sulfide) groups is 1. The van der Waals surface area contributed by atoms with Crippen LogP contribution < -0.4 is 10.2 Å². The lowest BCUT2D eigenvalue weighted by atomic mass is 10.2. The largest absolute Gasteiger partial charge is 0.497 e. The van der Waals surface area contributed by atoms with Gasteiger partial charge in [-0.2, -0.15) is 5.10 Å². The third-order valence-electron chi connectivity index (χ3n) is 4.55. The summed E-state index contributed by atoms with van der Waals surface area (Å²) >= 11 is 1.46. The number of nitrogens with one attached hydrogen (secondary N) is 1. The Bertz CT molecular complexity index is 1020. The maximum absolute atomic E-state index is 12.1. The summed E-state index contributed by atoms with van der Waals surface area (Å²) < 4.78 is 7.32. The summed E-state index contributed by atoms with van der Waals surface area (Å²) in [6.07, 6.45) is 1.70. The zero-order valence-electron chi connectivity index (χ0n) is 17.1. The lowest BCUT2D eigenvalue weighted by Crippen LogP contribution is -2.19. The number of carbonyl (C=O) groups excluding carboxylic acids is 1. The number of hydrogen-bond acceptors (Lipinski definition) is 4. The van der Waals surface area contributed by atoms with Crippen LogP contribution in [0.4, 0.5) is 0 Å². The molecule has 0 saturated carbocycles. The van der Waals surface area contributed by atoms with Gasteiger partial charge in [0.05, 0.1) is 19.1 Å². The van der Waals surface area contributed by atoms with Crippen LogP contribution in [0.25, 0.3) is 5.69 Å². The van der Waals surface area contributed by atoms with Crippen molar-refractivity contribution in [3.8, 4) is 11.4 Å². The Morgan fingerprint density at radius 1 is 1.14 bits per heavy atom. The SMILES string of the molecule is COc1ccc(SCC(=O)N/N=C/c2cc(C)n(-c3cccc(C)c3)c2C)cc1. The molecule has 3 rings (SSSR count). The van der Waals surface area contributed by atoms with Gasteiger partial charge in [0.25, 0.3) is 0 Å². The van der Waals surface area contributed by atoms with E-state index in [1.165, 1.54) is 17.3 Å². The van der Waals surface area contributed by atoms with Crippen molar-refractivity contribution in [2.24, 2.45) is 5.10 Å². The summed E-state index contributed by atoms with van der Waals surface area (Å²) in [6.45, 7) is 6.20. The van der Waals surface area contributed by atoms with Crippen molar-refractivity contribution in [2.45, 2.75) is 25.7 Å².